The number of hydrogen-bond acceptors (Lipinski definition) is 6. The molecule has 160 valence electrons. The van der Waals surface area contributed by atoms with Gasteiger partial charge >= 0.3 is 11.9 Å². The van der Waals surface area contributed by atoms with Crippen molar-refractivity contribution in [3.8, 4) is 0 Å². The van der Waals surface area contributed by atoms with Gasteiger partial charge < -0.3 is 9.47 Å². The van der Waals surface area contributed by atoms with Crippen molar-refractivity contribution in [2.45, 2.75) is 39.0 Å². The van der Waals surface area contributed by atoms with Gasteiger partial charge in [0, 0.05) is 26.2 Å². The van der Waals surface area contributed by atoms with Crippen molar-refractivity contribution in [1.29, 1.82) is 0 Å². The first-order chi connectivity index (χ1) is 14.6. The lowest BCUT2D eigenvalue weighted by molar-refractivity contribution is -0.169. The van der Waals surface area contributed by atoms with E-state index in [9.17, 15) is 9.59 Å². The Kier molecular flexibility index (Phi) is 7.99. The molecule has 0 saturated carbocycles. The summed E-state index contributed by atoms with van der Waals surface area (Å²) in [6.07, 6.45) is 0. The SMILES string of the molecule is CCOC(=O)[C@@H]1[C@H](C(=O)OCC)N(Cc2ccccc2)CCN1Cc1ccccc1. The van der Waals surface area contributed by atoms with Crippen molar-refractivity contribution in [2.75, 3.05) is 26.3 Å². The van der Waals surface area contributed by atoms with E-state index in [1.165, 1.54) is 0 Å². The number of nitrogens with zero attached hydrogens (tertiary/aromatic N) is 2. The van der Waals surface area contributed by atoms with Crippen LogP contribution in [0.5, 0.6) is 0 Å². The summed E-state index contributed by atoms with van der Waals surface area (Å²) in [5.74, 6) is -0.770. The predicted molar refractivity (Wildman–Crippen MR) is 115 cm³/mol. The third-order valence-corrected chi connectivity index (χ3v) is 5.27. The Labute approximate surface area is 178 Å². The smallest absolute Gasteiger partial charge is 0.325 e. The molecule has 0 spiro atoms. The highest BCUT2D eigenvalue weighted by atomic mass is 16.5. The molecule has 30 heavy (non-hydrogen) atoms. The van der Waals surface area contributed by atoms with Crippen molar-refractivity contribution in [3.05, 3.63) is 71.8 Å². The number of benzene rings is 2. The molecule has 0 unspecified atom stereocenters. The van der Waals surface area contributed by atoms with Gasteiger partial charge in [0.2, 0.25) is 0 Å². The second kappa shape index (κ2) is 10.9. The quantitative estimate of drug-likeness (QED) is 0.624. The molecular formula is C24H30N2O4. The van der Waals surface area contributed by atoms with Gasteiger partial charge in [-0.25, -0.2) is 0 Å². The van der Waals surface area contributed by atoms with Crippen LogP contribution in [-0.4, -0.2) is 60.1 Å². The number of esters is 2. The number of piperazine rings is 1. The van der Waals surface area contributed by atoms with E-state index in [2.05, 4.69) is 0 Å². The third-order valence-electron chi connectivity index (χ3n) is 5.27. The standard InChI is InChI=1S/C24H30N2O4/c1-3-29-23(27)21-22(24(28)30-4-2)26(18-20-13-9-6-10-14-20)16-15-25(21)17-19-11-7-5-8-12-19/h5-14,21-22H,3-4,15-18H2,1-2H3/t21-,22+. The summed E-state index contributed by atoms with van der Waals surface area (Å²) < 4.78 is 10.8. The minimum absolute atomic E-state index is 0.267. The molecule has 3 rings (SSSR count). The van der Waals surface area contributed by atoms with Crippen LogP contribution < -0.4 is 0 Å². The molecule has 2 atom stereocenters. The molecule has 1 aliphatic heterocycles. The monoisotopic (exact) mass is 410 g/mol. The average molecular weight is 411 g/mol. The van der Waals surface area contributed by atoms with Crippen LogP contribution in [0, 0.1) is 0 Å². The zero-order chi connectivity index (χ0) is 21.3. The first kappa shape index (κ1) is 22.0. The normalized spacial score (nSPS) is 19.9. The number of ether oxygens (including phenoxy) is 2. The van der Waals surface area contributed by atoms with Crippen LogP contribution in [0.4, 0.5) is 0 Å². The minimum atomic E-state index is -0.721. The fraction of sp³-hybridized carbons (Fsp3) is 0.417. The fourth-order valence-electron chi connectivity index (χ4n) is 3.94. The second-order valence-electron chi connectivity index (χ2n) is 7.31. The van der Waals surface area contributed by atoms with Crippen LogP contribution in [0.2, 0.25) is 0 Å². The summed E-state index contributed by atoms with van der Waals surface area (Å²) in [5.41, 5.74) is 2.18. The lowest BCUT2D eigenvalue weighted by atomic mass is 9.99. The van der Waals surface area contributed by atoms with Gasteiger partial charge in [-0.2, -0.15) is 0 Å². The molecule has 1 heterocycles. The zero-order valence-corrected chi connectivity index (χ0v) is 17.7. The van der Waals surface area contributed by atoms with Crippen molar-refractivity contribution < 1.29 is 19.1 Å². The first-order valence-corrected chi connectivity index (χ1v) is 10.5. The molecular weight excluding hydrogens is 380 g/mol. The number of carbonyl (C=O) groups excluding carboxylic acids is 2. The summed E-state index contributed by atoms with van der Waals surface area (Å²) in [7, 11) is 0. The van der Waals surface area contributed by atoms with E-state index in [1.807, 2.05) is 70.5 Å². The van der Waals surface area contributed by atoms with E-state index in [0.717, 1.165) is 11.1 Å². The summed E-state index contributed by atoms with van der Waals surface area (Å²) >= 11 is 0. The van der Waals surface area contributed by atoms with Crippen LogP contribution in [0.25, 0.3) is 0 Å². The van der Waals surface area contributed by atoms with Gasteiger partial charge in [0.15, 0.2) is 0 Å². The molecule has 2 aromatic rings. The van der Waals surface area contributed by atoms with Crippen LogP contribution in [0.15, 0.2) is 60.7 Å². The molecule has 1 fully saturated rings. The molecule has 6 nitrogen and oxygen atoms in total. The van der Waals surface area contributed by atoms with Gasteiger partial charge in [0.05, 0.1) is 13.2 Å². The summed E-state index contributed by atoms with van der Waals surface area (Å²) in [6.45, 7) is 6.54. The summed E-state index contributed by atoms with van der Waals surface area (Å²) in [6, 6.07) is 18.5. The van der Waals surface area contributed by atoms with Crippen molar-refractivity contribution in [3.63, 3.8) is 0 Å². The molecule has 0 aromatic heterocycles. The van der Waals surface area contributed by atoms with Crippen molar-refractivity contribution >= 4 is 11.9 Å². The Morgan fingerprint density at radius 1 is 0.733 bits per heavy atom. The molecule has 0 aliphatic carbocycles. The predicted octanol–water partition coefficient (Wildman–Crippen LogP) is 2.87. The maximum Gasteiger partial charge on any atom is 0.325 e. The van der Waals surface area contributed by atoms with Gasteiger partial charge in [0.25, 0.3) is 0 Å². The van der Waals surface area contributed by atoms with Crippen LogP contribution >= 0.6 is 0 Å². The van der Waals surface area contributed by atoms with E-state index in [4.69, 9.17) is 9.47 Å². The van der Waals surface area contributed by atoms with E-state index in [1.54, 1.807) is 13.8 Å². The second-order valence-corrected chi connectivity index (χ2v) is 7.31. The number of rotatable bonds is 8. The zero-order valence-electron chi connectivity index (χ0n) is 17.7. The summed E-state index contributed by atoms with van der Waals surface area (Å²) in [5, 5.41) is 0. The van der Waals surface area contributed by atoms with Gasteiger partial charge in [-0.1, -0.05) is 60.7 Å². The molecule has 2 aromatic carbocycles. The van der Waals surface area contributed by atoms with E-state index < -0.39 is 12.1 Å². The maximum absolute atomic E-state index is 13.0. The lowest BCUT2D eigenvalue weighted by Crippen LogP contribution is -2.65. The lowest BCUT2D eigenvalue weighted by Gasteiger charge is -2.45. The van der Waals surface area contributed by atoms with E-state index in [-0.39, 0.29) is 25.2 Å². The highest BCUT2D eigenvalue weighted by molar-refractivity contribution is 5.87. The average Bonchev–Trinajstić information content (AvgIpc) is 2.76. The molecule has 0 bridgehead atoms. The maximum atomic E-state index is 13.0. The minimum Gasteiger partial charge on any atom is -0.465 e. The van der Waals surface area contributed by atoms with E-state index >= 15 is 0 Å². The highest BCUT2D eigenvalue weighted by Crippen LogP contribution is 2.24. The van der Waals surface area contributed by atoms with E-state index in [0.29, 0.717) is 26.2 Å². The molecule has 0 N–H and O–H groups in total. The van der Waals surface area contributed by atoms with Crippen molar-refractivity contribution in [2.24, 2.45) is 0 Å². The summed E-state index contributed by atoms with van der Waals surface area (Å²) in [4.78, 5) is 30.1. The Bertz CT molecular complexity index is 743. The van der Waals surface area contributed by atoms with Crippen LogP contribution in [-0.2, 0) is 32.2 Å². The first-order valence-electron chi connectivity index (χ1n) is 10.5. The van der Waals surface area contributed by atoms with Gasteiger partial charge in [-0.05, 0) is 25.0 Å². The Morgan fingerprint density at radius 3 is 1.43 bits per heavy atom. The van der Waals surface area contributed by atoms with Gasteiger partial charge in [0.1, 0.15) is 12.1 Å². The van der Waals surface area contributed by atoms with Gasteiger partial charge in [-0.3, -0.25) is 19.4 Å². The fourth-order valence-corrected chi connectivity index (χ4v) is 3.94. The largest absolute Gasteiger partial charge is 0.465 e. The van der Waals surface area contributed by atoms with Crippen LogP contribution in [0.3, 0.4) is 0 Å². The molecule has 1 saturated heterocycles. The third kappa shape index (κ3) is 5.46. The van der Waals surface area contributed by atoms with Crippen molar-refractivity contribution in [1.82, 2.24) is 9.80 Å². The molecule has 0 amide bonds. The topological polar surface area (TPSA) is 59.1 Å². The van der Waals surface area contributed by atoms with Crippen LogP contribution in [0.1, 0.15) is 25.0 Å². The molecule has 1 aliphatic rings. The van der Waals surface area contributed by atoms with Gasteiger partial charge in [-0.15, -0.1) is 0 Å². The Morgan fingerprint density at radius 2 is 1.10 bits per heavy atom. The number of hydrogen-bond donors (Lipinski definition) is 0. The Hall–Kier alpha value is -2.70. The molecule has 6 heteroatoms. The molecule has 0 radical (unpaired) electrons. The Balaban J connectivity index is 1.91. The highest BCUT2D eigenvalue weighted by Gasteiger charge is 2.46. The number of carbonyl (C=O) groups is 2.